The van der Waals surface area contributed by atoms with Crippen molar-refractivity contribution in [3.63, 3.8) is 0 Å². The molecule has 2 fully saturated rings. The van der Waals surface area contributed by atoms with Crippen LogP contribution in [0.5, 0.6) is 0 Å². The molecule has 0 bridgehead atoms. The van der Waals surface area contributed by atoms with Gasteiger partial charge >= 0.3 is 0 Å². The summed E-state index contributed by atoms with van der Waals surface area (Å²) in [6.45, 7) is 3.51. The summed E-state index contributed by atoms with van der Waals surface area (Å²) in [4.78, 5) is 0. The van der Waals surface area contributed by atoms with Gasteiger partial charge in [0.1, 0.15) is 0 Å². The Balaban J connectivity index is 1.69. The van der Waals surface area contributed by atoms with Crippen LogP contribution in [0.25, 0.3) is 0 Å². The number of nitrogens with one attached hydrogen (secondary N) is 1. The molecule has 2 heteroatoms. The average molecular weight is 225 g/mol. The number of aliphatic hydroxyl groups excluding tert-OH is 1. The van der Waals surface area contributed by atoms with Gasteiger partial charge in [-0.1, -0.05) is 26.2 Å². The highest BCUT2D eigenvalue weighted by Crippen LogP contribution is 2.26. The lowest BCUT2D eigenvalue weighted by Gasteiger charge is -2.33. The minimum Gasteiger partial charge on any atom is -0.393 e. The Kier molecular flexibility index (Phi) is 4.66. The number of hydrogen-bond donors (Lipinski definition) is 2. The Morgan fingerprint density at radius 1 is 1.06 bits per heavy atom. The lowest BCUT2D eigenvalue weighted by atomic mass is 9.84. The predicted octanol–water partition coefficient (Wildman–Crippen LogP) is 2.71. The first-order valence-corrected chi connectivity index (χ1v) is 7.17. The maximum absolute atomic E-state index is 9.64. The Hall–Kier alpha value is -0.0800. The normalized spacial score (nSPS) is 40.9. The van der Waals surface area contributed by atoms with Gasteiger partial charge < -0.3 is 10.4 Å². The minimum atomic E-state index is -0.0238. The third-order valence-corrected chi connectivity index (χ3v) is 4.54. The van der Waals surface area contributed by atoms with E-state index in [1.54, 1.807) is 0 Å². The van der Waals surface area contributed by atoms with E-state index in [-0.39, 0.29) is 6.10 Å². The largest absolute Gasteiger partial charge is 0.393 e. The summed E-state index contributed by atoms with van der Waals surface area (Å²) >= 11 is 0. The zero-order valence-corrected chi connectivity index (χ0v) is 10.6. The highest BCUT2D eigenvalue weighted by molar-refractivity contribution is 4.81. The summed E-state index contributed by atoms with van der Waals surface area (Å²) in [5.41, 5.74) is 0. The molecule has 0 aromatic rings. The maximum atomic E-state index is 9.64. The Labute approximate surface area is 99.8 Å². The summed E-state index contributed by atoms with van der Waals surface area (Å²) in [5.74, 6) is 1.57. The SMILES string of the molecule is CC1CCCCC1NCC1CCCC(O)C1. The topological polar surface area (TPSA) is 32.3 Å². The van der Waals surface area contributed by atoms with Crippen molar-refractivity contribution in [3.8, 4) is 0 Å². The second-order valence-electron chi connectivity index (χ2n) is 5.96. The second-order valence-corrected chi connectivity index (χ2v) is 5.96. The lowest BCUT2D eigenvalue weighted by molar-refractivity contribution is 0.0977. The molecule has 94 valence electrons. The van der Waals surface area contributed by atoms with Gasteiger partial charge in [-0.05, 0) is 50.5 Å². The molecular weight excluding hydrogens is 198 g/mol. The molecule has 0 aliphatic heterocycles. The molecule has 0 aromatic heterocycles. The number of hydrogen-bond acceptors (Lipinski definition) is 2. The fourth-order valence-corrected chi connectivity index (χ4v) is 3.39. The van der Waals surface area contributed by atoms with Gasteiger partial charge in [-0.15, -0.1) is 0 Å². The van der Waals surface area contributed by atoms with E-state index in [1.807, 2.05) is 0 Å². The predicted molar refractivity (Wildman–Crippen MR) is 67.4 cm³/mol. The Morgan fingerprint density at radius 2 is 1.88 bits per heavy atom. The van der Waals surface area contributed by atoms with Crippen molar-refractivity contribution in [2.24, 2.45) is 11.8 Å². The van der Waals surface area contributed by atoms with Crippen LogP contribution < -0.4 is 5.32 Å². The zero-order valence-electron chi connectivity index (χ0n) is 10.6. The van der Waals surface area contributed by atoms with E-state index < -0.39 is 0 Å². The molecular formula is C14H27NO. The molecule has 2 saturated carbocycles. The average Bonchev–Trinajstić information content (AvgIpc) is 2.28. The molecule has 0 amide bonds. The summed E-state index contributed by atoms with van der Waals surface area (Å²) in [7, 11) is 0. The Bertz CT molecular complexity index is 207. The molecule has 0 heterocycles. The van der Waals surface area contributed by atoms with Crippen LogP contribution in [0.1, 0.15) is 58.3 Å². The van der Waals surface area contributed by atoms with Crippen LogP contribution in [0.2, 0.25) is 0 Å². The van der Waals surface area contributed by atoms with Gasteiger partial charge in [-0.2, -0.15) is 0 Å². The van der Waals surface area contributed by atoms with Gasteiger partial charge in [-0.3, -0.25) is 0 Å². The van der Waals surface area contributed by atoms with Crippen molar-refractivity contribution >= 4 is 0 Å². The van der Waals surface area contributed by atoms with Gasteiger partial charge in [0.15, 0.2) is 0 Å². The Morgan fingerprint density at radius 3 is 2.62 bits per heavy atom. The van der Waals surface area contributed by atoms with Crippen LogP contribution in [0.15, 0.2) is 0 Å². The van der Waals surface area contributed by atoms with Crippen molar-refractivity contribution in [1.82, 2.24) is 5.32 Å². The van der Waals surface area contributed by atoms with E-state index in [9.17, 15) is 5.11 Å². The molecule has 4 unspecified atom stereocenters. The van der Waals surface area contributed by atoms with Crippen LogP contribution in [0.4, 0.5) is 0 Å². The van der Waals surface area contributed by atoms with Crippen molar-refractivity contribution in [2.75, 3.05) is 6.54 Å². The van der Waals surface area contributed by atoms with E-state index in [4.69, 9.17) is 0 Å². The summed E-state index contributed by atoms with van der Waals surface area (Å²) in [6.07, 6.45) is 10.1. The van der Waals surface area contributed by atoms with E-state index in [2.05, 4.69) is 12.2 Å². The van der Waals surface area contributed by atoms with E-state index >= 15 is 0 Å². The molecule has 2 aliphatic carbocycles. The van der Waals surface area contributed by atoms with Crippen molar-refractivity contribution < 1.29 is 5.11 Å². The van der Waals surface area contributed by atoms with Gasteiger partial charge in [0, 0.05) is 6.04 Å². The summed E-state index contributed by atoms with van der Waals surface area (Å²) in [5, 5.41) is 13.4. The molecule has 0 aromatic carbocycles. The molecule has 0 spiro atoms. The molecule has 2 rings (SSSR count). The monoisotopic (exact) mass is 225 g/mol. The van der Waals surface area contributed by atoms with Crippen LogP contribution in [-0.2, 0) is 0 Å². The smallest absolute Gasteiger partial charge is 0.0543 e. The quantitative estimate of drug-likeness (QED) is 0.774. The van der Waals surface area contributed by atoms with E-state index in [1.165, 1.54) is 38.5 Å². The molecule has 4 atom stereocenters. The summed E-state index contributed by atoms with van der Waals surface area (Å²) < 4.78 is 0. The minimum absolute atomic E-state index is 0.0238. The number of aliphatic hydroxyl groups is 1. The van der Waals surface area contributed by atoms with Crippen LogP contribution in [0.3, 0.4) is 0 Å². The summed E-state index contributed by atoms with van der Waals surface area (Å²) in [6, 6.07) is 0.743. The van der Waals surface area contributed by atoms with Crippen molar-refractivity contribution in [1.29, 1.82) is 0 Å². The van der Waals surface area contributed by atoms with Crippen LogP contribution in [0, 0.1) is 11.8 Å². The first kappa shape index (κ1) is 12.4. The molecule has 0 radical (unpaired) electrons. The maximum Gasteiger partial charge on any atom is 0.0543 e. The molecule has 16 heavy (non-hydrogen) atoms. The van der Waals surface area contributed by atoms with Crippen molar-refractivity contribution in [2.45, 2.75) is 70.4 Å². The van der Waals surface area contributed by atoms with Gasteiger partial charge in [0.2, 0.25) is 0 Å². The van der Waals surface area contributed by atoms with Gasteiger partial charge in [-0.25, -0.2) is 0 Å². The van der Waals surface area contributed by atoms with Gasteiger partial charge in [0.05, 0.1) is 6.10 Å². The second kappa shape index (κ2) is 6.02. The van der Waals surface area contributed by atoms with E-state index in [0.717, 1.165) is 37.3 Å². The first-order chi connectivity index (χ1) is 7.75. The highest BCUT2D eigenvalue weighted by atomic mass is 16.3. The third-order valence-electron chi connectivity index (χ3n) is 4.54. The highest BCUT2D eigenvalue weighted by Gasteiger charge is 2.24. The van der Waals surface area contributed by atoms with Crippen molar-refractivity contribution in [3.05, 3.63) is 0 Å². The molecule has 2 nitrogen and oxygen atoms in total. The fourth-order valence-electron chi connectivity index (χ4n) is 3.39. The number of rotatable bonds is 3. The standard InChI is InChI=1S/C14H27NO/c1-11-5-2-3-8-14(11)15-10-12-6-4-7-13(16)9-12/h11-16H,2-10H2,1H3. The zero-order chi connectivity index (χ0) is 11.4. The van der Waals surface area contributed by atoms with Crippen LogP contribution in [-0.4, -0.2) is 23.8 Å². The molecule has 2 N–H and O–H groups in total. The molecule has 0 saturated heterocycles. The fraction of sp³-hybridized carbons (Fsp3) is 1.00. The molecule has 2 aliphatic rings. The first-order valence-electron chi connectivity index (χ1n) is 7.17. The van der Waals surface area contributed by atoms with Gasteiger partial charge in [0.25, 0.3) is 0 Å². The third kappa shape index (κ3) is 3.46. The van der Waals surface area contributed by atoms with Crippen LogP contribution >= 0.6 is 0 Å². The lowest BCUT2D eigenvalue weighted by Crippen LogP contribution is -2.41. The van der Waals surface area contributed by atoms with E-state index in [0.29, 0.717) is 0 Å².